The molecular weight excluding hydrogens is 595 g/mol. The van der Waals surface area contributed by atoms with E-state index in [0.29, 0.717) is 29.3 Å². The average molecular weight is 634 g/mol. The Hall–Kier alpha value is -4.64. The lowest BCUT2D eigenvalue weighted by Crippen LogP contribution is -2.41. The Morgan fingerprint density at radius 2 is 1.70 bits per heavy atom. The predicted octanol–water partition coefficient (Wildman–Crippen LogP) is 7.65. The van der Waals surface area contributed by atoms with Gasteiger partial charge in [0.05, 0.1) is 11.7 Å². The van der Waals surface area contributed by atoms with Crippen LogP contribution in [0.5, 0.6) is 0 Å². The van der Waals surface area contributed by atoms with Crippen molar-refractivity contribution in [1.82, 2.24) is 14.7 Å². The minimum Gasteiger partial charge on any atom is -0.444 e. The second-order valence-electron chi connectivity index (χ2n) is 12.7. The minimum atomic E-state index is -4.76. The van der Waals surface area contributed by atoms with Crippen molar-refractivity contribution in [2.75, 3.05) is 11.9 Å². The molecule has 242 valence electrons. The highest BCUT2D eigenvalue weighted by molar-refractivity contribution is 6.03. The first-order chi connectivity index (χ1) is 21.7. The zero-order valence-corrected chi connectivity index (χ0v) is 26.3. The number of nitrogens with zero attached hydrogens (tertiary/aromatic N) is 3. The number of aryl methyl sites for hydroxylation is 1. The van der Waals surface area contributed by atoms with Crippen LogP contribution in [0.25, 0.3) is 5.69 Å². The fraction of sp³-hybridized carbons (Fsp3) is 0.343. The van der Waals surface area contributed by atoms with Crippen molar-refractivity contribution in [2.45, 2.75) is 64.9 Å². The van der Waals surface area contributed by atoms with Gasteiger partial charge in [0.2, 0.25) is 0 Å². The highest BCUT2D eigenvalue weighted by Crippen LogP contribution is 2.37. The zero-order valence-electron chi connectivity index (χ0n) is 26.3. The number of nitrogens with one attached hydrogen (secondary N) is 1. The van der Waals surface area contributed by atoms with E-state index in [0.717, 1.165) is 34.7 Å². The summed E-state index contributed by atoms with van der Waals surface area (Å²) < 4.78 is 48.0. The molecular formula is C35H38F3N5O3. The Morgan fingerprint density at radius 1 is 1.00 bits per heavy atom. The summed E-state index contributed by atoms with van der Waals surface area (Å²) in [7, 11) is 0. The van der Waals surface area contributed by atoms with E-state index < -0.39 is 35.5 Å². The number of ether oxygens (including phenoxy) is 1. The van der Waals surface area contributed by atoms with Gasteiger partial charge in [-0.05, 0) is 87.4 Å². The molecule has 1 aliphatic rings. The van der Waals surface area contributed by atoms with E-state index in [9.17, 15) is 22.8 Å². The van der Waals surface area contributed by atoms with Crippen LogP contribution in [0, 0.1) is 12.8 Å². The van der Waals surface area contributed by atoms with E-state index in [1.54, 1.807) is 47.4 Å². The summed E-state index contributed by atoms with van der Waals surface area (Å²) >= 11 is 0. The molecule has 3 aromatic carbocycles. The molecule has 0 bridgehead atoms. The van der Waals surface area contributed by atoms with Crippen LogP contribution in [0.4, 0.5) is 23.7 Å². The van der Waals surface area contributed by atoms with Crippen molar-refractivity contribution in [3.63, 3.8) is 0 Å². The largest absolute Gasteiger partial charge is 0.444 e. The van der Waals surface area contributed by atoms with Gasteiger partial charge in [-0.2, -0.15) is 18.3 Å². The summed E-state index contributed by atoms with van der Waals surface area (Å²) in [6.07, 6.45) is -3.20. The van der Waals surface area contributed by atoms with Crippen molar-refractivity contribution >= 4 is 17.7 Å². The number of hydrogen-bond acceptors (Lipinski definition) is 5. The molecule has 1 atom stereocenters. The molecule has 5 rings (SSSR count). The van der Waals surface area contributed by atoms with E-state index in [-0.39, 0.29) is 17.9 Å². The van der Waals surface area contributed by atoms with Crippen LogP contribution in [-0.4, -0.2) is 38.8 Å². The number of rotatable bonds is 9. The van der Waals surface area contributed by atoms with E-state index in [2.05, 4.69) is 10.4 Å². The molecule has 0 spiro atoms. The van der Waals surface area contributed by atoms with Gasteiger partial charge in [-0.15, -0.1) is 0 Å². The maximum absolute atomic E-state index is 13.7. The zero-order chi connectivity index (χ0) is 33.2. The molecule has 8 nitrogen and oxygen atoms in total. The molecule has 1 aliphatic carbocycles. The van der Waals surface area contributed by atoms with Crippen molar-refractivity contribution in [3.8, 4) is 5.69 Å². The molecule has 0 radical (unpaired) electrons. The molecule has 1 fully saturated rings. The van der Waals surface area contributed by atoms with E-state index in [1.807, 2.05) is 58.0 Å². The molecule has 1 unspecified atom stereocenters. The molecule has 11 heteroatoms. The number of hydrogen-bond donors (Lipinski definition) is 2. The van der Waals surface area contributed by atoms with Crippen LogP contribution in [-0.2, 0) is 17.5 Å². The van der Waals surface area contributed by atoms with Gasteiger partial charge in [-0.1, -0.05) is 54.1 Å². The van der Waals surface area contributed by atoms with Gasteiger partial charge in [0, 0.05) is 24.8 Å². The summed E-state index contributed by atoms with van der Waals surface area (Å²) in [5, 5.41) is 6.47. The van der Waals surface area contributed by atoms with E-state index >= 15 is 0 Å². The Labute approximate surface area is 266 Å². The van der Waals surface area contributed by atoms with Crippen LogP contribution in [0.1, 0.15) is 78.1 Å². The van der Waals surface area contributed by atoms with Gasteiger partial charge in [-0.25, -0.2) is 9.48 Å². The monoisotopic (exact) mass is 633 g/mol. The predicted molar refractivity (Wildman–Crippen MR) is 170 cm³/mol. The molecule has 46 heavy (non-hydrogen) atoms. The van der Waals surface area contributed by atoms with Gasteiger partial charge in [0.25, 0.3) is 5.91 Å². The van der Waals surface area contributed by atoms with Gasteiger partial charge < -0.3 is 15.8 Å². The highest BCUT2D eigenvalue weighted by atomic mass is 19.4. The lowest BCUT2D eigenvalue weighted by Gasteiger charge is -2.34. The van der Waals surface area contributed by atoms with Crippen molar-refractivity contribution < 1.29 is 27.5 Å². The molecule has 1 saturated carbocycles. The molecule has 3 N–H and O–H groups in total. The average Bonchev–Trinajstić information content (AvgIpc) is 3.69. The quantitative estimate of drug-likeness (QED) is 0.197. The number of alkyl halides is 3. The normalized spacial score (nSPS) is 14.1. The summed E-state index contributed by atoms with van der Waals surface area (Å²) in [5.41, 5.74) is 7.42. The van der Waals surface area contributed by atoms with Gasteiger partial charge in [0.15, 0.2) is 5.69 Å². The third-order valence-electron chi connectivity index (χ3n) is 7.57. The van der Waals surface area contributed by atoms with Crippen LogP contribution in [0.3, 0.4) is 0 Å². The number of aromatic nitrogens is 2. The minimum absolute atomic E-state index is 0.165. The molecule has 4 aromatic rings. The van der Waals surface area contributed by atoms with Crippen LogP contribution in [0.15, 0.2) is 78.9 Å². The third-order valence-corrected chi connectivity index (χ3v) is 7.57. The Balaban J connectivity index is 1.52. The standard InChI is InChI=1S/C35H38F3N5O3/c1-22-11-15-25(16-12-22)31(42(21-23-13-14-23)33(45)46-34(2,3)4)26-8-6-9-27(18-26)40-32(44)29-19-30(35(36,37)38)41-43(29)28-10-5-7-24(17-28)20-39/h5-12,15-19,23,31H,13-14,20-21,39H2,1-4H3,(H,40,44). The summed E-state index contributed by atoms with van der Waals surface area (Å²) in [6, 6.07) is 21.5. The van der Waals surface area contributed by atoms with Gasteiger partial charge >= 0.3 is 12.3 Å². The van der Waals surface area contributed by atoms with Crippen molar-refractivity contribution in [2.24, 2.45) is 11.7 Å². The second-order valence-corrected chi connectivity index (χ2v) is 12.7. The number of amides is 2. The van der Waals surface area contributed by atoms with Crippen LogP contribution < -0.4 is 11.1 Å². The SMILES string of the molecule is Cc1ccc(C(c2cccc(NC(=O)c3cc(C(F)(F)F)nn3-c3cccc(CN)c3)c2)N(CC2CC2)C(=O)OC(C)(C)C)cc1. The molecule has 2 amide bonds. The Morgan fingerprint density at radius 3 is 2.33 bits per heavy atom. The lowest BCUT2D eigenvalue weighted by molar-refractivity contribution is -0.141. The smallest absolute Gasteiger partial charge is 0.435 e. The number of carbonyl (C=O) groups excluding carboxylic acids is 2. The molecule has 1 heterocycles. The fourth-order valence-electron chi connectivity index (χ4n) is 5.16. The molecule has 0 aliphatic heterocycles. The maximum Gasteiger partial charge on any atom is 0.435 e. The Bertz CT molecular complexity index is 1710. The van der Waals surface area contributed by atoms with Crippen LogP contribution in [0.2, 0.25) is 0 Å². The molecule has 0 saturated heterocycles. The van der Waals surface area contributed by atoms with Crippen molar-refractivity contribution in [3.05, 3.63) is 113 Å². The van der Waals surface area contributed by atoms with Crippen LogP contribution >= 0.6 is 0 Å². The number of carbonyl (C=O) groups is 2. The topological polar surface area (TPSA) is 102 Å². The number of benzene rings is 3. The lowest BCUT2D eigenvalue weighted by atomic mass is 9.95. The Kier molecular flexibility index (Phi) is 9.25. The van der Waals surface area contributed by atoms with Crippen molar-refractivity contribution in [1.29, 1.82) is 0 Å². The second kappa shape index (κ2) is 13.0. The number of anilines is 1. The first kappa shape index (κ1) is 32.7. The first-order valence-electron chi connectivity index (χ1n) is 15.2. The summed E-state index contributed by atoms with van der Waals surface area (Å²) in [6.45, 7) is 8.09. The maximum atomic E-state index is 13.7. The van der Waals surface area contributed by atoms with Gasteiger partial charge in [-0.3, -0.25) is 9.69 Å². The fourth-order valence-corrected chi connectivity index (χ4v) is 5.16. The first-order valence-corrected chi connectivity index (χ1v) is 15.2. The third kappa shape index (κ3) is 7.95. The summed E-state index contributed by atoms with van der Waals surface area (Å²) in [4.78, 5) is 29.0. The number of nitrogens with two attached hydrogens (primary N) is 1. The highest BCUT2D eigenvalue weighted by Gasteiger charge is 2.37. The molecule has 1 aromatic heterocycles. The number of halogens is 3. The summed E-state index contributed by atoms with van der Waals surface area (Å²) in [5.74, 6) is -0.434. The van der Waals surface area contributed by atoms with Gasteiger partial charge in [0.1, 0.15) is 11.3 Å². The van der Waals surface area contributed by atoms with E-state index in [1.165, 1.54) is 0 Å². The van der Waals surface area contributed by atoms with E-state index in [4.69, 9.17) is 10.5 Å².